The molecule has 1 saturated heterocycles. The largest absolute Gasteiger partial charge is 0.472 e. The number of nitrogens with one attached hydrogen (secondary N) is 1. The lowest BCUT2D eigenvalue weighted by Crippen LogP contribution is -2.22. The summed E-state index contributed by atoms with van der Waals surface area (Å²) in [7, 11) is 0. The molecule has 24 heavy (non-hydrogen) atoms. The molecular formula is C17H14FN3O3. The van der Waals surface area contributed by atoms with Gasteiger partial charge in [0.2, 0.25) is 0 Å². The number of nitrogens with zero attached hydrogens (tertiary/aromatic N) is 2. The fourth-order valence-corrected chi connectivity index (χ4v) is 2.63. The average molecular weight is 327 g/mol. The fraction of sp³-hybridized carbons (Fsp3) is 0.176. The summed E-state index contributed by atoms with van der Waals surface area (Å²) in [6.07, 6.45) is 3.76. The third kappa shape index (κ3) is 2.48. The predicted molar refractivity (Wildman–Crippen MR) is 82.7 cm³/mol. The van der Waals surface area contributed by atoms with E-state index in [9.17, 15) is 9.18 Å². The Kier molecular flexibility index (Phi) is 3.42. The van der Waals surface area contributed by atoms with Gasteiger partial charge < -0.3 is 14.5 Å². The second-order valence-corrected chi connectivity index (χ2v) is 5.53. The van der Waals surface area contributed by atoms with Crippen LogP contribution in [0.5, 0.6) is 0 Å². The number of carbonyl (C=O) groups is 1. The second kappa shape index (κ2) is 5.61. The summed E-state index contributed by atoms with van der Waals surface area (Å²) in [4.78, 5) is 11.7. The van der Waals surface area contributed by atoms with Crippen LogP contribution in [0.15, 0.2) is 53.5 Å². The number of hydrogen-bond donors (Lipinski definition) is 1. The van der Waals surface area contributed by atoms with Gasteiger partial charge >= 0.3 is 0 Å². The van der Waals surface area contributed by atoms with Crippen molar-refractivity contribution < 1.29 is 18.3 Å². The van der Waals surface area contributed by atoms with Crippen molar-refractivity contribution in [2.75, 3.05) is 0 Å². The normalized spacial score (nSPS) is 20.3. The molecule has 0 radical (unpaired) electrons. The van der Waals surface area contributed by atoms with Crippen LogP contribution in [-0.4, -0.2) is 21.8 Å². The quantitative estimate of drug-likeness (QED) is 0.803. The Morgan fingerprint density at radius 3 is 2.67 bits per heavy atom. The van der Waals surface area contributed by atoms with E-state index in [0.717, 1.165) is 5.56 Å². The fourth-order valence-electron chi connectivity index (χ4n) is 2.63. The Hall–Kier alpha value is -2.93. The maximum Gasteiger partial charge on any atom is 0.251 e. The molecular weight excluding hydrogens is 313 g/mol. The number of benzene rings is 1. The maximum atomic E-state index is 13.1. The van der Waals surface area contributed by atoms with Gasteiger partial charge in [0.15, 0.2) is 6.23 Å². The van der Waals surface area contributed by atoms with Crippen molar-refractivity contribution in [3.8, 4) is 16.9 Å². The molecule has 2 aromatic heterocycles. The molecule has 2 unspecified atom stereocenters. The van der Waals surface area contributed by atoms with Crippen LogP contribution in [0.1, 0.15) is 18.7 Å². The lowest BCUT2D eigenvalue weighted by Gasteiger charge is -2.09. The minimum absolute atomic E-state index is 0.173. The molecule has 122 valence electrons. The van der Waals surface area contributed by atoms with Crippen molar-refractivity contribution in [1.29, 1.82) is 0 Å². The van der Waals surface area contributed by atoms with Crippen LogP contribution in [0.25, 0.3) is 16.9 Å². The molecule has 1 aliphatic rings. The van der Waals surface area contributed by atoms with Crippen LogP contribution in [0.2, 0.25) is 0 Å². The van der Waals surface area contributed by atoms with Crippen LogP contribution in [0.3, 0.4) is 0 Å². The number of carbonyl (C=O) groups excluding carboxylic acids is 1. The van der Waals surface area contributed by atoms with Crippen LogP contribution in [0.4, 0.5) is 4.39 Å². The second-order valence-electron chi connectivity index (χ2n) is 5.53. The van der Waals surface area contributed by atoms with Crippen molar-refractivity contribution in [2.24, 2.45) is 0 Å². The van der Waals surface area contributed by atoms with Gasteiger partial charge in [-0.05, 0) is 37.3 Å². The van der Waals surface area contributed by atoms with Gasteiger partial charge in [-0.15, -0.1) is 0 Å². The first-order valence-corrected chi connectivity index (χ1v) is 7.46. The highest BCUT2D eigenvalue weighted by Gasteiger charge is 2.33. The molecule has 1 aromatic carbocycles. The monoisotopic (exact) mass is 327 g/mol. The SMILES string of the molecule is CC1OC(c2cn(-c3ccc(F)cc3)nc2-c2ccoc2)NC1=O. The van der Waals surface area contributed by atoms with E-state index in [1.807, 2.05) is 0 Å². The highest BCUT2D eigenvalue weighted by atomic mass is 19.1. The molecule has 0 saturated carbocycles. The molecule has 1 fully saturated rings. The Balaban J connectivity index is 1.79. The van der Waals surface area contributed by atoms with Crippen LogP contribution in [-0.2, 0) is 9.53 Å². The van der Waals surface area contributed by atoms with Gasteiger partial charge in [0.25, 0.3) is 5.91 Å². The predicted octanol–water partition coefficient (Wildman–Crippen LogP) is 2.80. The van der Waals surface area contributed by atoms with Crippen LogP contribution >= 0.6 is 0 Å². The number of hydrogen-bond acceptors (Lipinski definition) is 4. The average Bonchev–Trinajstić information content (AvgIpc) is 3.28. The van der Waals surface area contributed by atoms with E-state index in [1.165, 1.54) is 12.1 Å². The Morgan fingerprint density at radius 2 is 2.04 bits per heavy atom. The van der Waals surface area contributed by atoms with Gasteiger partial charge in [-0.1, -0.05) is 0 Å². The Bertz CT molecular complexity index is 871. The maximum absolute atomic E-state index is 13.1. The Labute approximate surface area is 136 Å². The third-order valence-electron chi connectivity index (χ3n) is 3.89. The number of furan rings is 1. The molecule has 1 aliphatic heterocycles. The first kappa shape index (κ1) is 14.6. The number of ether oxygens (including phenoxy) is 1. The van der Waals surface area contributed by atoms with E-state index in [0.29, 0.717) is 16.9 Å². The van der Waals surface area contributed by atoms with Crippen LogP contribution < -0.4 is 5.32 Å². The zero-order valence-corrected chi connectivity index (χ0v) is 12.8. The number of halogens is 1. The van der Waals surface area contributed by atoms with E-state index in [4.69, 9.17) is 9.15 Å². The molecule has 0 spiro atoms. The highest BCUT2D eigenvalue weighted by Crippen LogP contribution is 2.32. The third-order valence-corrected chi connectivity index (χ3v) is 3.89. The molecule has 6 nitrogen and oxygen atoms in total. The molecule has 4 rings (SSSR count). The smallest absolute Gasteiger partial charge is 0.251 e. The minimum Gasteiger partial charge on any atom is -0.472 e. The zero-order valence-electron chi connectivity index (χ0n) is 12.8. The van der Waals surface area contributed by atoms with Crippen molar-refractivity contribution in [3.05, 3.63) is 60.4 Å². The molecule has 3 aromatic rings. The number of aromatic nitrogens is 2. The van der Waals surface area contributed by atoms with Crippen molar-refractivity contribution >= 4 is 5.91 Å². The van der Waals surface area contributed by atoms with Crippen LogP contribution in [0, 0.1) is 5.82 Å². The van der Waals surface area contributed by atoms with Gasteiger partial charge in [-0.3, -0.25) is 4.79 Å². The molecule has 0 aliphatic carbocycles. The molecule has 7 heteroatoms. The molecule has 3 heterocycles. The van der Waals surface area contributed by atoms with Crippen molar-refractivity contribution in [3.63, 3.8) is 0 Å². The lowest BCUT2D eigenvalue weighted by atomic mass is 10.1. The van der Waals surface area contributed by atoms with Gasteiger partial charge in [0, 0.05) is 17.3 Å². The molecule has 0 bridgehead atoms. The summed E-state index contributed by atoms with van der Waals surface area (Å²) < 4.78 is 25.5. The Morgan fingerprint density at radius 1 is 1.25 bits per heavy atom. The van der Waals surface area contributed by atoms with Gasteiger partial charge in [-0.25, -0.2) is 9.07 Å². The molecule has 1 amide bonds. The van der Waals surface area contributed by atoms with E-state index in [1.54, 1.807) is 48.5 Å². The van der Waals surface area contributed by atoms with Gasteiger partial charge in [0.1, 0.15) is 17.6 Å². The summed E-state index contributed by atoms with van der Waals surface area (Å²) in [5, 5.41) is 7.34. The van der Waals surface area contributed by atoms with E-state index < -0.39 is 12.3 Å². The van der Waals surface area contributed by atoms with E-state index in [2.05, 4.69) is 10.4 Å². The summed E-state index contributed by atoms with van der Waals surface area (Å²) in [6, 6.07) is 7.76. The van der Waals surface area contributed by atoms with E-state index >= 15 is 0 Å². The lowest BCUT2D eigenvalue weighted by molar-refractivity contribution is -0.122. The van der Waals surface area contributed by atoms with Gasteiger partial charge in [0.05, 0.1) is 18.2 Å². The first-order chi connectivity index (χ1) is 11.6. The zero-order chi connectivity index (χ0) is 16.7. The topological polar surface area (TPSA) is 69.3 Å². The van der Waals surface area contributed by atoms with Crippen molar-refractivity contribution in [1.82, 2.24) is 15.1 Å². The summed E-state index contributed by atoms with van der Waals surface area (Å²) in [6.45, 7) is 1.69. The summed E-state index contributed by atoms with van der Waals surface area (Å²) >= 11 is 0. The standard InChI is InChI=1S/C17H14FN3O3/c1-10-16(22)19-17(24-10)14-8-21(13-4-2-12(18)3-5-13)20-15(14)11-6-7-23-9-11/h2-10,17H,1H3,(H,19,22). The first-order valence-electron chi connectivity index (χ1n) is 7.46. The molecule has 2 atom stereocenters. The summed E-state index contributed by atoms with van der Waals surface area (Å²) in [5.41, 5.74) is 2.80. The number of amides is 1. The minimum atomic E-state index is -0.591. The highest BCUT2D eigenvalue weighted by molar-refractivity contribution is 5.82. The van der Waals surface area contributed by atoms with Gasteiger partial charge in [-0.2, -0.15) is 5.10 Å². The van der Waals surface area contributed by atoms with E-state index in [-0.39, 0.29) is 11.7 Å². The van der Waals surface area contributed by atoms with Crippen molar-refractivity contribution in [2.45, 2.75) is 19.3 Å². The summed E-state index contributed by atoms with van der Waals surface area (Å²) in [5.74, 6) is -0.492. The molecule has 1 N–H and O–H groups in total. The number of rotatable bonds is 3.